The van der Waals surface area contributed by atoms with Gasteiger partial charge < -0.3 is 20.3 Å². The average molecular weight is 229 g/mol. The number of nitrogens with two attached hydrogens (primary N) is 1. The molecule has 1 fully saturated rings. The first-order valence-electron chi connectivity index (χ1n) is 5.37. The Hall–Kier alpha value is -1.14. The van der Waals surface area contributed by atoms with Crippen LogP contribution in [-0.2, 0) is 14.3 Å². The lowest BCUT2D eigenvalue weighted by Gasteiger charge is -2.35. The highest BCUT2D eigenvalue weighted by molar-refractivity contribution is 5.82. The number of rotatable bonds is 3. The fourth-order valence-corrected chi connectivity index (χ4v) is 1.68. The summed E-state index contributed by atoms with van der Waals surface area (Å²) in [6.07, 6.45) is 0. The number of methoxy groups -OCH3 is 1. The molecule has 0 radical (unpaired) electrons. The molecule has 1 rings (SSSR count). The van der Waals surface area contributed by atoms with E-state index in [0.717, 1.165) is 0 Å². The summed E-state index contributed by atoms with van der Waals surface area (Å²) in [4.78, 5) is 26.5. The molecule has 0 spiro atoms. The molecule has 1 saturated heterocycles. The zero-order chi connectivity index (χ0) is 12.1. The number of piperazine rings is 1. The third-order valence-corrected chi connectivity index (χ3v) is 2.60. The Morgan fingerprint density at radius 2 is 1.75 bits per heavy atom. The molecule has 0 aliphatic carbocycles. The highest BCUT2D eigenvalue weighted by Gasteiger charge is 2.25. The topological polar surface area (TPSA) is 75.9 Å². The van der Waals surface area contributed by atoms with Gasteiger partial charge in [-0.3, -0.25) is 9.59 Å². The summed E-state index contributed by atoms with van der Waals surface area (Å²) in [6, 6.07) is -0.471. The molecule has 2 amide bonds. The summed E-state index contributed by atoms with van der Waals surface area (Å²) in [7, 11) is 1.49. The Morgan fingerprint density at radius 1 is 1.25 bits per heavy atom. The summed E-state index contributed by atoms with van der Waals surface area (Å²) >= 11 is 0. The van der Waals surface area contributed by atoms with Crippen LogP contribution in [0.1, 0.15) is 6.92 Å². The zero-order valence-electron chi connectivity index (χ0n) is 9.81. The Kier molecular flexibility index (Phi) is 4.70. The van der Waals surface area contributed by atoms with Gasteiger partial charge in [0, 0.05) is 33.3 Å². The Morgan fingerprint density at radius 3 is 2.19 bits per heavy atom. The van der Waals surface area contributed by atoms with Gasteiger partial charge in [0.15, 0.2) is 0 Å². The molecule has 16 heavy (non-hydrogen) atoms. The second kappa shape index (κ2) is 5.81. The van der Waals surface area contributed by atoms with E-state index in [1.807, 2.05) is 0 Å². The minimum atomic E-state index is -0.471. The van der Waals surface area contributed by atoms with Gasteiger partial charge in [0.2, 0.25) is 11.8 Å². The molecule has 0 aromatic heterocycles. The van der Waals surface area contributed by atoms with E-state index in [1.54, 1.807) is 16.7 Å². The smallest absolute Gasteiger partial charge is 0.248 e. The van der Waals surface area contributed by atoms with Crippen LogP contribution in [0.25, 0.3) is 0 Å². The summed E-state index contributed by atoms with van der Waals surface area (Å²) < 4.78 is 4.78. The predicted octanol–water partition coefficient (Wildman–Crippen LogP) is -1.35. The van der Waals surface area contributed by atoms with Crippen LogP contribution in [0.4, 0.5) is 0 Å². The van der Waals surface area contributed by atoms with E-state index in [4.69, 9.17) is 10.5 Å². The molecule has 1 heterocycles. The number of carbonyl (C=O) groups excluding carboxylic acids is 2. The first-order valence-corrected chi connectivity index (χ1v) is 5.37. The van der Waals surface area contributed by atoms with E-state index in [-0.39, 0.29) is 18.4 Å². The van der Waals surface area contributed by atoms with Crippen molar-refractivity contribution in [1.82, 2.24) is 9.80 Å². The minimum Gasteiger partial charge on any atom is -0.375 e. The maximum Gasteiger partial charge on any atom is 0.248 e. The first-order chi connectivity index (χ1) is 7.56. The predicted molar refractivity (Wildman–Crippen MR) is 58.7 cm³/mol. The van der Waals surface area contributed by atoms with Crippen molar-refractivity contribution >= 4 is 11.8 Å². The third kappa shape index (κ3) is 3.18. The number of ether oxygens (including phenoxy) is 1. The molecule has 6 nitrogen and oxygen atoms in total. The van der Waals surface area contributed by atoms with Crippen LogP contribution in [0.2, 0.25) is 0 Å². The molecule has 0 bridgehead atoms. The molecule has 0 aromatic rings. The molecular weight excluding hydrogens is 210 g/mol. The highest BCUT2D eigenvalue weighted by Crippen LogP contribution is 2.03. The van der Waals surface area contributed by atoms with Crippen molar-refractivity contribution < 1.29 is 14.3 Å². The van der Waals surface area contributed by atoms with Crippen LogP contribution >= 0.6 is 0 Å². The molecular formula is C10H19N3O3. The van der Waals surface area contributed by atoms with Crippen LogP contribution in [0.5, 0.6) is 0 Å². The summed E-state index contributed by atoms with van der Waals surface area (Å²) in [5, 5.41) is 0. The van der Waals surface area contributed by atoms with Crippen molar-refractivity contribution in [2.75, 3.05) is 39.9 Å². The van der Waals surface area contributed by atoms with Gasteiger partial charge in [-0.1, -0.05) is 0 Å². The van der Waals surface area contributed by atoms with Crippen LogP contribution in [0, 0.1) is 0 Å². The fourth-order valence-electron chi connectivity index (χ4n) is 1.68. The van der Waals surface area contributed by atoms with Gasteiger partial charge in [0.25, 0.3) is 0 Å². The molecule has 1 aliphatic heterocycles. The van der Waals surface area contributed by atoms with Gasteiger partial charge in [0.1, 0.15) is 6.61 Å². The molecule has 0 saturated carbocycles. The maximum atomic E-state index is 11.6. The van der Waals surface area contributed by atoms with Crippen LogP contribution in [0.3, 0.4) is 0 Å². The second-order valence-corrected chi connectivity index (χ2v) is 3.93. The van der Waals surface area contributed by atoms with Crippen molar-refractivity contribution in [2.45, 2.75) is 13.0 Å². The van der Waals surface area contributed by atoms with Gasteiger partial charge in [-0.05, 0) is 6.92 Å². The molecule has 0 aromatic carbocycles. The summed E-state index contributed by atoms with van der Waals surface area (Å²) in [5.74, 6) is -0.0887. The molecule has 92 valence electrons. The standard InChI is InChI=1S/C10H19N3O3/c1-8(11)10(15)13-5-3-12(4-6-13)9(14)7-16-2/h8H,3-7,11H2,1-2H3. The number of hydrogen-bond acceptors (Lipinski definition) is 4. The quantitative estimate of drug-likeness (QED) is 0.649. The average Bonchev–Trinajstić information content (AvgIpc) is 2.28. The van der Waals surface area contributed by atoms with Crippen molar-refractivity contribution in [3.63, 3.8) is 0 Å². The Balaban J connectivity index is 2.39. The van der Waals surface area contributed by atoms with E-state index < -0.39 is 6.04 Å². The van der Waals surface area contributed by atoms with Crippen LogP contribution < -0.4 is 5.73 Å². The molecule has 1 atom stereocenters. The molecule has 1 aliphatic rings. The van der Waals surface area contributed by atoms with Crippen molar-refractivity contribution in [3.8, 4) is 0 Å². The number of amides is 2. The number of hydrogen-bond donors (Lipinski definition) is 1. The maximum absolute atomic E-state index is 11.6. The normalized spacial score (nSPS) is 18.4. The third-order valence-electron chi connectivity index (χ3n) is 2.60. The Labute approximate surface area is 95.3 Å². The monoisotopic (exact) mass is 229 g/mol. The highest BCUT2D eigenvalue weighted by atomic mass is 16.5. The van der Waals surface area contributed by atoms with Crippen molar-refractivity contribution in [1.29, 1.82) is 0 Å². The minimum absolute atomic E-state index is 0.0320. The first kappa shape index (κ1) is 12.9. The second-order valence-electron chi connectivity index (χ2n) is 3.93. The lowest BCUT2D eigenvalue weighted by atomic mass is 10.2. The van der Waals surface area contributed by atoms with E-state index >= 15 is 0 Å². The van der Waals surface area contributed by atoms with Crippen LogP contribution in [-0.4, -0.2) is 67.6 Å². The molecule has 6 heteroatoms. The number of carbonyl (C=O) groups is 2. The van der Waals surface area contributed by atoms with E-state index in [9.17, 15) is 9.59 Å². The molecule has 2 N–H and O–H groups in total. The largest absolute Gasteiger partial charge is 0.375 e. The van der Waals surface area contributed by atoms with Gasteiger partial charge in [-0.2, -0.15) is 0 Å². The van der Waals surface area contributed by atoms with E-state index in [2.05, 4.69) is 0 Å². The lowest BCUT2D eigenvalue weighted by Crippen LogP contribution is -2.54. The SMILES string of the molecule is COCC(=O)N1CCN(C(=O)C(C)N)CC1. The fraction of sp³-hybridized carbons (Fsp3) is 0.800. The number of nitrogens with zero attached hydrogens (tertiary/aromatic N) is 2. The van der Waals surface area contributed by atoms with Gasteiger partial charge in [-0.15, -0.1) is 0 Å². The van der Waals surface area contributed by atoms with E-state index in [0.29, 0.717) is 26.2 Å². The molecule has 1 unspecified atom stereocenters. The van der Waals surface area contributed by atoms with Gasteiger partial charge in [0.05, 0.1) is 6.04 Å². The van der Waals surface area contributed by atoms with Crippen molar-refractivity contribution in [3.05, 3.63) is 0 Å². The lowest BCUT2D eigenvalue weighted by molar-refractivity contribution is -0.142. The zero-order valence-corrected chi connectivity index (χ0v) is 9.81. The van der Waals surface area contributed by atoms with Gasteiger partial charge in [-0.25, -0.2) is 0 Å². The van der Waals surface area contributed by atoms with Crippen LogP contribution in [0.15, 0.2) is 0 Å². The Bertz CT molecular complexity index is 260. The van der Waals surface area contributed by atoms with Crippen molar-refractivity contribution in [2.24, 2.45) is 5.73 Å². The summed E-state index contributed by atoms with van der Waals surface area (Å²) in [5.41, 5.74) is 5.52. The van der Waals surface area contributed by atoms with Gasteiger partial charge >= 0.3 is 0 Å². The summed E-state index contributed by atoms with van der Waals surface area (Å²) in [6.45, 7) is 3.99. The van der Waals surface area contributed by atoms with E-state index in [1.165, 1.54) is 7.11 Å².